The van der Waals surface area contributed by atoms with Crippen molar-refractivity contribution in [3.8, 4) is 11.1 Å². The van der Waals surface area contributed by atoms with Crippen LogP contribution < -0.4 is 0 Å². The molecule has 0 N–H and O–H groups in total. The Kier molecular flexibility index (Phi) is 3.49. The SMILES string of the molecule is Fc1ccccc1-c1cc(F)c(C(F)(F)F)c(Cl)c1. The predicted molar refractivity (Wildman–Crippen MR) is 61.8 cm³/mol. The highest BCUT2D eigenvalue weighted by molar-refractivity contribution is 6.31. The molecule has 0 atom stereocenters. The molecular formula is C13H6ClF5. The van der Waals surface area contributed by atoms with E-state index in [-0.39, 0.29) is 11.1 Å². The van der Waals surface area contributed by atoms with Crippen LogP contribution >= 0.6 is 11.6 Å². The molecule has 100 valence electrons. The first-order valence-electron chi connectivity index (χ1n) is 5.12. The Morgan fingerprint density at radius 1 is 0.895 bits per heavy atom. The van der Waals surface area contributed by atoms with Gasteiger partial charge in [-0.15, -0.1) is 0 Å². The molecule has 0 amide bonds. The maximum Gasteiger partial charge on any atom is 0.420 e. The second-order valence-electron chi connectivity index (χ2n) is 3.79. The molecule has 0 aliphatic heterocycles. The molecule has 2 aromatic carbocycles. The van der Waals surface area contributed by atoms with Gasteiger partial charge in [-0.1, -0.05) is 29.8 Å². The van der Waals surface area contributed by atoms with Crippen molar-refractivity contribution in [2.45, 2.75) is 6.18 Å². The van der Waals surface area contributed by atoms with Gasteiger partial charge in [0.25, 0.3) is 0 Å². The third kappa shape index (κ3) is 2.71. The highest BCUT2D eigenvalue weighted by atomic mass is 35.5. The van der Waals surface area contributed by atoms with Gasteiger partial charge in [0.2, 0.25) is 0 Å². The number of halogens is 6. The van der Waals surface area contributed by atoms with E-state index in [2.05, 4.69) is 0 Å². The summed E-state index contributed by atoms with van der Waals surface area (Å²) in [4.78, 5) is 0. The van der Waals surface area contributed by atoms with Crippen molar-refractivity contribution in [2.24, 2.45) is 0 Å². The summed E-state index contributed by atoms with van der Waals surface area (Å²) >= 11 is 5.44. The highest BCUT2D eigenvalue weighted by Crippen LogP contribution is 2.39. The number of rotatable bonds is 1. The predicted octanol–water partition coefficient (Wildman–Crippen LogP) is 5.30. The molecule has 0 aliphatic rings. The first-order valence-corrected chi connectivity index (χ1v) is 5.49. The lowest BCUT2D eigenvalue weighted by Gasteiger charge is -2.12. The number of alkyl halides is 3. The van der Waals surface area contributed by atoms with Crippen molar-refractivity contribution >= 4 is 11.6 Å². The molecule has 0 saturated heterocycles. The van der Waals surface area contributed by atoms with Crippen LogP contribution in [0.25, 0.3) is 11.1 Å². The van der Waals surface area contributed by atoms with Gasteiger partial charge < -0.3 is 0 Å². The van der Waals surface area contributed by atoms with Crippen LogP contribution in [0.2, 0.25) is 5.02 Å². The molecule has 0 aromatic heterocycles. The minimum Gasteiger partial charge on any atom is -0.206 e. The summed E-state index contributed by atoms with van der Waals surface area (Å²) < 4.78 is 64.6. The van der Waals surface area contributed by atoms with Gasteiger partial charge in [-0.2, -0.15) is 13.2 Å². The van der Waals surface area contributed by atoms with Gasteiger partial charge in [0, 0.05) is 5.56 Å². The van der Waals surface area contributed by atoms with Gasteiger partial charge >= 0.3 is 6.18 Å². The van der Waals surface area contributed by atoms with Crippen molar-refractivity contribution in [1.82, 2.24) is 0 Å². The summed E-state index contributed by atoms with van der Waals surface area (Å²) in [7, 11) is 0. The Morgan fingerprint density at radius 2 is 1.53 bits per heavy atom. The van der Waals surface area contributed by atoms with Gasteiger partial charge in [-0.05, 0) is 23.8 Å². The summed E-state index contributed by atoms with van der Waals surface area (Å²) in [6.45, 7) is 0. The van der Waals surface area contributed by atoms with Crippen molar-refractivity contribution < 1.29 is 22.0 Å². The summed E-state index contributed by atoms with van der Waals surface area (Å²) in [5.74, 6) is -2.20. The molecule has 0 aliphatic carbocycles. The van der Waals surface area contributed by atoms with E-state index < -0.39 is 28.4 Å². The van der Waals surface area contributed by atoms with E-state index in [9.17, 15) is 22.0 Å². The minimum absolute atomic E-state index is 0.0166. The zero-order chi connectivity index (χ0) is 14.2. The van der Waals surface area contributed by atoms with Crippen LogP contribution in [0.3, 0.4) is 0 Å². The lowest BCUT2D eigenvalue weighted by molar-refractivity contribution is -0.139. The minimum atomic E-state index is -4.89. The third-order valence-corrected chi connectivity index (χ3v) is 2.81. The maximum atomic E-state index is 13.5. The zero-order valence-electron chi connectivity index (χ0n) is 9.23. The molecule has 0 spiro atoms. The average molecular weight is 293 g/mol. The van der Waals surface area contributed by atoms with Gasteiger partial charge in [0.15, 0.2) is 0 Å². The third-order valence-electron chi connectivity index (χ3n) is 2.51. The molecule has 6 heteroatoms. The first kappa shape index (κ1) is 13.8. The molecule has 0 radical (unpaired) electrons. The van der Waals surface area contributed by atoms with Crippen LogP contribution in [-0.2, 0) is 6.18 Å². The Bertz CT molecular complexity index is 596. The molecule has 2 aromatic rings. The van der Waals surface area contributed by atoms with Crippen LogP contribution in [0.5, 0.6) is 0 Å². The molecular weight excluding hydrogens is 287 g/mol. The lowest BCUT2D eigenvalue weighted by Crippen LogP contribution is -2.09. The van der Waals surface area contributed by atoms with E-state index in [4.69, 9.17) is 11.6 Å². The molecule has 0 fully saturated rings. The zero-order valence-corrected chi connectivity index (χ0v) is 9.99. The average Bonchev–Trinajstić information content (AvgIpc) is 2.26. The van der Waals surface area contributed by atoms with Crippen molar-refractivity contribution in [1.29, 1.82) is 0 Å². The Hall–Kier alpha value is -1.62. The van der Waals surface area contributed by atoms with E-state index in [0.29, 0.717) is 6.07 Å². The van der Waals surface area contributed by atoms with Crippen LogP contribution in [0.1, 0.15) is 5.56 Å². The van der Waals surface area contributed by atoms with Gasteiger partial charge in [-0.25, -0.2) is 8.78 Å². The van der Waals surface area contributed by atoms with E-state index in [0.717, 1.165) is 12.1 Å². The lowest BCUT2D eigenvalue weighted by atomic mass is 10.0. The maximum absolute atomic E-state index is 13.5. The summed E-state index contributed by atoms with van der Waals surface area (Å²) in [5, 5.41) is -0.800. The van der Waals surface area contributed by atoms with Crippen molar-refractivity contribution in [3.05, 3.63) is 58.6 Å². The summed E-state index contributed by atoms with van der Waals surface area (Å²) in [6, 6.07) is 6.87. The standard InChI is InChI=1S/C13H6ClF5/c14-9-5-7(8-3-1-2-4-10(8)15)6-11(16)12(9)13(17,18)19/h1-6H. The van der Waals surface area contributed by atoms with Crippen LogP contribution in [0.4, 0.5) is 22.0 Å². The molecule has 0 bridgehead atoms. The molecule has 0 nitrogen and oxygen atoms in total. The Balaban J connectivity index is 2.62. The molecule has 19 heavy (non-hydrogen) atoms. The Labute approximate surface area is 110 Å². The largest absolute Gasteiger partial charge is 0.420 e. The fourth-order valence-corrected chi connectivity index (χ4v) is 2.01. The van der Waals surface area contributed by atoms with Crippen LogP contribution in [0, 0.1) is 11.6 Å². The second-order valence-corrected chi connectivity index (χ2v) is 4.20. The van der Waals surface area contributed by atoms with Gasteiger partial charge in [0.1, 0.15) is 17.2 Å². The normalized spacial score (nSPS) is 11.7. The highest BCUT2D eigenvalue weighted by Gasteiger charge is 2.37. The number of hydrogen-bond donors (Lipinski definition) is 0. The van der Waals surface area contributed by atoms with Crippen LogP contribution in [0.15, 0.2) is 36.4 Å². The fourth-order valence-electron chi connectivity index (χ4n) is 1.69. The smallest absolute Gasteiger partial charge is 0.206 e. The topological polar surface area (TPSA) is 0 Å². The quantitative estimate of drug-likeness (QED) is 0.625. The summed E-state index contributed by atoms with van der Waals surface area (Å²) in [6.07, 6.45) is -4.89. The molecule has 0 heterocycles. The summed E-state index contributed by atoms with van der Waals surface area (Å²) in [5.41, 5.74) is -1.61. The van der Waals surface area contributed by atoms with E-state index in [1.54, 1.807) is 0 Å². The first-order chi connectivity index (χ1) is 8.80. The van der Waals surface area contributed by atoms with Crippen LogP contribution in [-0.4, -0.2) is 0 Å². The molecule has 0 unspecified atom stereocenters. The van der Waals surface area contributed by atoms with E-state index in [1.807, 2.05) is 0 Å². The Morgan fingerprint density at radius 3 is 2.05 bits per heavy atom. The number of benzene rings is 2. The van der Waals surface area contributed by atoms with Crippen molar-refractivity contribution in [3.63, 3.8) is 0 Å². The monoisotopic (exact) mass is 292 g/mol. The van der Waals surface area contributed by atoms with Crippen molar-refractivity contribution in [2.75, 3.05) is 0 Å². The van der Waals surface area contributed by atoms with E-state index >= 15 is 0 Å². The molecule has 0 saturated carbocycles. The molecule has 2 rings (SSSR count). The van der Waals surface area contributed by atoms with E-state index in [1.165, 1.54) is 18.2 Å². The van der Waals surface area contributed by atoms with Gasteiger partial charge in [-0.3, -0.25) is 0 Å². The van der Waals surface area contributed by atoms with Gasteiger partial charge in [0.05, 0.1) is 5.02 Å². The number of hydrogen-bond acceptors (Lipinski definition) is 0. The second kappa shape index (κ2) is 4.81. The fraction of sp³-hybridized carbons (Fsp3) is 0.0769.